The number of aromatic nitrogens is 4. The minimum absolute atomic E-state index is 0.815. The molecule has 3 rings (SSSR count). The Balaban J connectivity index is 1.71. The average Bonchev–Trinajstić information content (AvgIpc) is 2.98. The number of anilines is 1. The molecule has 0 unspecified atom stereocenters. The first-order valence-electron chi connectivity index (χ1n) is 6.15. The van der Waals surface area contributed by atoms with E-state index in [1.165, 1.54) is 0 Å². The summed E-state index contributed by atoms with van der Waals surface area (Å²) in [4.78, 5) is 13.2. The Morgan fingerprint density at radius 3 is 3.05 bits per heavy atom. The summed E-state index contributed by atoms with van der Waals surface area (Å²) in [6.07, 6.45) is 4.52. The van der Waals surface area contributed by atoms with Gasteiger partial charge in [0.15, 0.2) is 5.82 Å². The van der Waals surface area contributed by atoms with Crippen LogP contribution in [-0.4, -0.2) is 26.1 Å². The van der Waals surface area contributed by atoms with Crippen LogP contribution in [0.4, 0.5) is 5.82 Å². The smallest absolute Gasteiger partial charge is 0.154 e. The number of rotatable bonds is 4. The van der Waals surface area contributed by atoms with Crippen molar-refractivity contribution in [3.63, 3.8) is 0 Å². The number of aryl methyl sites for hydroxylation is 2. The average molecular weight is 273 g/mol. The fourth-order valence-electron chi connectivity index (χ4n) is 2.00. The molecule has 0 radical (unpaired) electrons. The molecule has 5 nitrogen and oxygen atoms in total. The highest BCUT2D eigenvalue weighted by Crippen LogP contribution is 2.18. The molecule has 0 atom stereocenters. The summed E-state index contributed by atoms with van der Waals surface area (Å²) in [5, 5.41) is 6.57. The lowest BCUT2D eigenvalue weighted by atomic mass is 10.3. The molecule has 0 amide bonds. The van der Waals surface area contributed by atoms with Crippen molar-refractivity contribution in [1.29, 1.82) is 0 Å². The molecule has 0 bridgehead atoms. The third kappa shape index (κ3) is 2.44. The number of hydrogen-bond acceptors (Lipinski definition) is 5. The van der Waals surface area contributed by atoms with Gasteiger partial charge in [-0.05, 0) is 13.0 Å². The maximum Gasteiger partial charge on any atom is 0.154 e. The molecule has 0 aliphatic rings. The zero-order chi connectivity index (χ0) is 13.2. The predicted octanol–water partition coefficient (Wildman–Crippen LogP) is 2.39. The summed E-state index contributed by atoms with van der Waals surface area (Å²) in [6, 6.07) is 1.97. The number of hydrogen-bond donors (Lipinski definition) is 1. The number of pyridine rings is 1. The molecule has 3 aromatic rings. The normalized spacial score (nSPS) is 11.1. The van der Waals surface area contributed by atoms with Gasteiger partial charge >= 0.3 is 0 Å². The van der Waals surface area contributed by atoms with Gasteiger partial charge in [0.05, 0.1) is 16.9 Å². The van der Waals surface area contributed by atoms with Crippen LogP contribution in [0.25, 0.3) is 11.0 Å². The lowest BCUT2D eigenvalue weighted by molar-refractivity contribution is 0.947. The van der Waals surface area contributed by atoms with Gasteiger partial charge in [0.1, 0.15) is 5.52 Å². The van der Waals surface area contributed by atoms with Gasteiger partial charge in [-0.15, -0.1) is 11.3 Å². The highest BCUT2D eigenvalue weighted by Gasteiger charge is 2.06. The van der Waals surface area contributed by atoms with Gasteiger partial charge < -0.3 is 9.88 Å². The largest absolute Gasteiger partial charge is 0.368 e. The molecule has 0 aromatic carbocycles. The van der Waals surface area contributed by atoms with Crippen LogP contribution in [0.5, 0.6) is 0 Å². The van der Waals surface area contributed by atoms with Crippen molar-refractivity contribution in [1.82, 2.24) is 19.5 Å². The Labute approximate surface area is 115 Å². The van der Waals surface area contributed by atoms with Gasteiger partial charge in [-0.3, -0.25) is 0 Å². The lowest BCUT2D eigenvalue weighted by Crippen LogP contribution is -2.06. The quantitative estimate of drug-likeness (QED) is 0.793. The van der Waals surface area contributed by atoms with E-state index in [9.17, 15) is 0 Å². The molecule has 1 N–H and O–H groups in total. The van der Waals surface area contributed by atoms with E-state index in [2.05, 4.69) is 25.6 Å². The molecule has 98 valence electrons. The molecule has 0 aliphatic carbocycles. The molecule has 0 fully saturated rings. The van der Waals surface area contributed by atoms with Crippen molar-refractivity contribution in [2.75, 3.05) is 11.9 Å². The van der Waals surface area contributed by atoms with Crippen molar-refractivity contribution in [2.45, 2.75) is 13.3 Å². The molecule has 0 saturated heterocycles. The van der Waals surface area contributed by atoms with E-state index in [1.807, 2.05) is 30.9 Å². The second-order valence-electron chi connectivity index (χ2n) is 4.44. The van der Waals surface area contributed by atoms with Crippen LogP contribution in [0, 0.1) is 6.92 Å². The number of nitrogens with zero attached hydrogens (tertiary/aromatic N) is 4. The SMILES string of the molecule is Cc1csc(CCNc2nccc3c2ncn3C)n1. The van der Waals surface area contributed by atoms with Crippen LogP contribution >= 0.6 is 11.3 Å². The van der Waals surface area contributed by atoms with Crippen molar-refractivity contribution in [3.8, 4) is 0 Å². The summed E-state index contributed by atoms with van der Waals surface area (Å²) in [6.45, 7) is 2.83. The highest BCUT2D eigenvalue weighted by molar-refractivity contribution is 7.09. The zero-order valence-electron chi connectivity index (χ0n) is 10.9. The first-order chi connectivity index (χ1) is 9.24. The molecule has 0 saturated carbocycles. The minimum Gasteiger partial charge on any atom is -0.368 e. The zero-order valence-corrected chi connectivity index (χ0v) is 11.7. The molecule has 3 aromatic heterocycles. The molecular formula is C13H15N5S. The van der Waals surface area contributed by atoms with Crippen molar-refractivity contribution in [3.05, 3.63) is 34.7 Å². The summed E-state index contributed by atoms with van der Waals surface area (Å²) >= 11 is 1.70. The summed E-state index contributed by atoms with van der Waals surface area (Å²) in [5.74, 6) is 0.839. The number of thiazole rings is 1. The minimum atomic E-state index is 0.815. The number of imidazole rings is 1. The maximum absolute atomic E-state index is 4.45. The van der Waals surface area contributed by atoms with E-state index >= 15 is 0 Å². The second-order valence-corrected chi connectivity index (χ2v) is 5.38. The van der Waals surface area contributed by atoms with E-state index in [0.717, 1.165) is 40.5 Å². The van der Waals surface area contributed by atoms with Gasteiger partial charge in [-0.2, -0.15) is 0 Å². The maximum atomic E-state index is 4.45. The molecule has 0 spiro atoms. The van der Waals surface area contributed by atoms with E-state index < -0.39 is 0 Å². The number of nitrogens with one attached hydrogen (secondary N) is 1. The van der Waals surface area contributed by atoms with E-state index in [0.29, 0.717) is 0 Å². The van der Waals surface area contributed by atoms with Gasteiger partial charge in [-0.1, -0.05) is 0 Å². The lowest BCUT2D eigenvalue weighted by Gasteiger charge is -2.05. The van der Waals surface area contributed by atoms with Crippen LogP contribution in [0.2, 0.25) is 0 Å². The molecular weight excluding hydrogens is 258 g/mol. The Morgan fingerprint density at radius 1 is 1.37 bits per heavy atom. The Morgan fingerprint density at radius 2 is 2.26 bits per heavy atom. The Kier molecular flexibility index (Phi) is 3.16. The first kappa shape index (κ1) is 12.1. The second kappa shape index (κ2) is 4.97. The molecule has 19 heavy (non-hydrogen) atoms. The van der Waals surface area contributed by atoms with Crippen molar-refractivity contribution >= 4 is 28.2 Å². The van der Waals surface area contributed by atoms with Crippen LogP contribution in [-0.2, 0) is 13.5 Å². The Hall–Kier alpha value is -1.95. The summed E-state index contributed by atoms with van der Waals surface area (Å²) in [5.41, 5.74) is 3.09. The standard InChI is InChI=1S/C13H15N5S/c1-9-7-19-11(17-9)4-6-15-13-12-10(3-5-14-13)18(2)8-16-12/h3,5,7-8H,4,6H2,1-2H3,(H,14,15). The fraction of sp³-hybridized carbons (Fsp3) is 0.308. The molecule has 3 heterocycles. The monoisotopic (exact) mass is 273 g/mol. The molecule has 0 aliphatic heterocycles. The summed E-state index contributed by atoms with van der Waals surface area (Å²) in [7, 11) is 1.98. The summed E-state index contributed by atoms with van der Waals surface area (Å²) < 4.78 is 1.99. The van der Waals surface area contributed by atoms with Crippen molar-refractivity contribution in [2.24, 2.45) is 7.05 Å². The van der Waals surface area contributed by atoms with E-state index in [4.69, 9.17) is 0 Å². The topological polar surface area (TPSA) is 55.6 Å². The van der Waals surface area contributed by atoms with E-state index in [1.54, 1.807) is 17.5 Å². The Bertz CT molecular complexity index is 700. The van der Waals surface area contributed by atoms with Crippen molar-refractivity contribution < 1.29 is 0 Å². The van der Waals surface area contributed by atoms with Crippen LogP contribution < -0.4 is 5.32 Å². The first-order valence-corrected chi connectivity index (χ1v) is 7.03. The third-order valence-electron chi connectivity index (χ3n) is 2.94. The van der Waals surface area contributed by atoms with Gasteiger partial charge in [-0.25, -0.2) is 15.0 Å². The van der Waals surface area contributed by atoms with Gasteiger partial charge in [0.25, 0.3) is 0 Å². The number of fused-ring (bicyclic) bond motifs is 1. The molecule has 6 heteroatoms. The predicted molar refractivity (Wildman–Crippen MR) is 77.6 cm³/mol. The van der Waals surface area contributed by atoms with Gasteiger partial charge in [0.2, 0.25) is 0 Å². The van der Waals surface area contributed by atoms with E-state index in [-0.39, 0.29) is 0 Å². The van der Waals surface area contributed by atoms with Crippen LogP contribution in [0.15, 0.2) is 24.0 Å². The fourth-order valence-corrected chi connectivity index (χ4v) is 2.77. The van der Waals surface area contributed by atoms with Crippen LogP contribution in [0.1, 0.15) is 10.7 Å². The highest BCUT2D eigenvalue weighted by atomic mass is 32.1. The van der Waals surface area contributed by atoms with Gasteiger partial charge in [0, 0.05) is 37.3 Å². The van der Waals surface area contributed by atoms with Crippen LogP contribution in [0.3, 0.4) is 0 Å². The third-order valence-corrected chi connectivity index (χ3v) is 3.97.